The first-order valence-corrected chi connectivity index (χ1v) is 7.03. The van der Waals surface area contributed by atoms with E-state index in [-0.39, 0.29) is 29.9 Å². The highest BCUT2D eigenvalue weighted by molar-refractivity contribution is 5.94. The summed E-state index contributed by atoms with van der Waals surface area (Å²) >= 11 is 0. The van der Waals surface area contributed by atoms with Crippen molar-refractivity contribution in [2.75, 3.05) is 13.1 Å². The van der Waals surface area contributed by atoms with Crippen molar-refractivity contribution in [1.29, 1.82) is 0 Å². The van der Waals surface area contributed by atoms with Crippen LogP contribution in [0.1, 0.15) is 23.2 Å². The van der Waals surface area contributed by atoms with Crippen molar-refractivity contribution in [3.8, 4) is 11.5 Å². The number of aromatic amines is 1. The molecule has 1 atom stereocenters. The second-order valence-corrected chi connectivity index (χ2v) is 5.11. The van der Waals surface area contributed by atoms with Crippen LogP contribution in [0.3, 0.4) is 0 Å². The van der Waals surface area contributed by atoms with E-state index in [4.69, 9.17) is 4.42 Å². The summed E-state index contributed by atoms with van der Waals surface area (Å²) in [5.41, 5.74) is 0.266. The molecule has 3 heterocycles. The van der Waals surface area contributed by atoms with E-state index in [1.165, 1.54) is 12.3 Å². The minimum absolute atomic E-state index is 0. The molecular formula is C15H18ClN3O3. The van der Waals surface area contributed by atoms with Crippen LogP contribution in [-0.2, 0) is 0 Å². The third-order valence-electron chi connectivity index (χ3n) is 3.57. The second-order valence-electron chi connectivity index (χ2n) is 5.11. The number of halogens is 1. The molecule has 7 heteroatoms. The molecule has 1 amide bonds. The van der Waals surface area contributed by atoms with Crippen LogP contribution < -0.4 is 16.2 Å². The van der Waals surface area contributed by atoms with Crippen molar-refractivity contribution >= 4 is 18.3 Å². The molecule has 6 nitrogen and oxygen atoms in total. The van der Waals surface area contributed by atoms with Crippen LogP contribution in [0.4, 0.5) is 0 Å². The van der Waals surface area contributed by atoms with Gasteiger partial charge in [-0.3, -0.25) is 9.59 Å². The molecule has 1 fully saturated rings. The van der Waals surface area contributed by atoms with Crippen molar-refractivity contribution in [2.24, 2.45) is 0 Å². The number of rotatable bonds is 3. The van der Waals surface area contributed by atoms with Crippen LogP contribution in [-0.4, -0.2) is 30.0 Å². The smallest absolute Gasteiger partial charge is 0.261 e. The number of carbonyl (C=O) groups excluding carboxylic acids is 1. The number of aromatic nitrogens is 1. The first-order valence-electron chi connectivity index (χ1n) is 7.03. The van der Waals surface area contributed by atoms with E-state index < -0.39 is 5.56 Å². The number of H-pyrrole nitrogens is 1. The first-order chi connectivity index (χ1) is 10.2. The van der Waals surface area contributed by atoms with E-state index >= 15 is 0 Å². The van der Waals surface area contributed by atoms with Gasteiger partial charge in [0.05, 0.1) is 12.0 Å². The lowest BCUT2D eigenvalue weighted by Crippen LogP contribution is -2.46. The van der Waals surface area contributed by atoms with Gasteiger partial charge in [-0.2, -0.15) is 0 Å². The maximum Gasteiger partial charge on any atom is 0.261 e. The molecule has 1 unspecified atom stereocenters. The fourth-order valence-corrected chi connectivity index (χ4v) is 2.47. The number of furan rings is 1. The molecule has 118 valence electrons. The summed E-state index contributed by atoms with van der Waals surface area (Å²) in [6.07, 6.45) is 3.49. The van der Waals surface area contributed by atoms with Gasteiger partial charge in [-0.1, -0.05) is 0 Å². The van der Waals surface area contributed by atoms with Crippen LogP contribution in [0, 0.1) is 0 Å². The number of piperidine rings is 1. The molecule has 1 aliphatic heterocycles. The Kier molecular flexibility index (Phi) is 5.41. The lowest BCUT2D eigenvalue weighted by atomic mass is 10.1. The van der Waals surface area contributed by atoms with Gasteiger partial charge in [-0.05, 0) is 43.7 Å². The molecule has 0 aromatic carbocycles. The number of hydrogen-bond donors (Lipinski definition) is 3. The summed E-state index contributed by atoms with van der Waals surface area (Å²) in [7, 11) is 0. The van der Waals surface area contributed by atoms with E-state index in [1.54, 1.807) is 18.2 Å². The van der Waals surface area contributed by atoms with Crippen LogP contribution in [0.25, 0.3) is 11.5 Å². The zero-order valence-electron chi connectivity index (χ0n) is 11.9. The third-order valence-corrected chi connectivity index (χ3v) is 3.57. The van der Waals surface area contributed by atoms with Crippen molar-refractivity contribution in [3.05, 3.63) is 46.4 Å². The largest absolute Gasteiger partial charge is 0.463 e. The van der Waals surface area contributed by atoms with Crippen molar-refractivity contribution in [1.82, 2.24) is 15.6 Å². The molecule has 1 aliphatic rings. The number of hydrogen-bond acceptors (Lipinski definition) is 4. The van der Waals surface area contributed by atoms with E-state index in [2.05, 4.69) is 15.6 Å². The predicted octanol–water partition coefficient (Wildman–Crippen LogP) is 1.54. The molecule has 1 saturated heterocycles. The number of pyridine rings is 1. The summed E-state index contributed by atoms with van der Waals surface area (Å²) in [5, 5.41) is 6.11. The molecule has 0 bridgehead atoms. The Balaban J connectivity index is 0.00000176. The van der Waals surface area contributed by atoms with E-state index in [9.17, 15) is 9.59 Å². The van der Waals surface area contributed by atoms with Crippen LogP contribution >= 0.6 is 12.4 Å². The minimum atomic E-state index is -0.412. The fourth-order valence-electron chi connectivity index (χ4n) is 2.47. The third kappa shape index (κ3) is 3.58. The van der Waals surface area contributed by atoms with Gasteiger partial charge in [-0.15, -0.1) is 12.4 Å². The Bertz CT molecular complexity index is 676. The number of amides is 1. The highest BCUT2D eigenvalue weighted by Gasteiger charge is 2.18. The average Bonchev–Trinajstić information content (AvgIpc) is 3.02. The Morgan fingerprint density at radius 2 is 2.18 bits per heavy atom. The zero-order valence-corrected chi connectivity index (χ0v) is 12.7. The molecule has 0 saturated carbocycles. The molecule has 0 radical (unpaired) electrons. The summed E-state index contributed by atoms with van der Waals surface area (Å²) in [6.45, 7) is 1.72. The Hall–Kier alpha value is -2.05. The molecule has 2 aromatic heterocycles. The summed E-state index contributed by atoms with van der Waals surface area (Å²) < 4.78 is 5.22. The lowest BCUT2D eigenvalue weighted by molar-refractivity contribution is 0.0929. The van der Waals surface area contributed by atoms with Crippen molar-refractivity contribution in [3.63, 3.8) is 0 Å². The van der Waals surface area contributed by atoms with Gasteiger partial charge in [0.1, 0.15) is 11.3 Å². The lowest BCUT2D eigenvalue weighted by Gasteiger charge is -2.23. The summed E-state index contributed by atoms with van der Waals surface area (Å²) in [4.78, 5) is 26.9. The van der Waals surface area contributed by atoms with Crippen LogP contribution in [0.2, 0.25) is 0 Å². The number of nitrogens with one attached hydrogen (secondary N) is 3. The van der Waals surface area contributed by atoms with Gasteiger partial charge < -0.3 is 20.0 Å². The Morgan fingerprint density at radius 3 is 2.82 bits per heavy atom. The van der Waals surface area contributed by atoms with Crippen molar-refractivity contribution in [2.45, 2.75) is 18.9 Å². The number of carbonyl (C=O) groups is 1. The second kappa shape index (κ2) is 7.29. The normalized spacial score (nSPS) is 17.5. The molecule has 2 aromatic rings. The zero-order chi connectivity index (χ0) is 14.7. The van der Waals surface area contributed by atoms with Gasteiger partial charge >= 0.3 is 0 Å². The molecular weight excluding hydrogens is 306 g/mol. The standard InChI is InChI=1S/C15H17N3O3.ClH/c19-14(17-10-3-1-7-16-9-10)11-5-6-12(18-15(11)20)13-4-2-8-21-13;/h2,4-6,8,10,16H,1,3,7,9H2,(H,17,19)(H,18,20);1H. The topological polar surface area (TPSA) is 87.1 Å². The average molecular weight is 324 g/mol. The van der Waals surface area contributed by atoms with E-state index in [0.29, 0.717) is 11.5 Å². The monoisotopic (exact) mass is 323 g/mol. The quantitative estimate of drug-likeness (QED) is 0.799. The molecule has 22 heavy (non-hydrogen) atoms. The van der Waals surface area contributed by atoms with Crippen LogP contribution in [0.5, 0.6) is 0 Å². The summed E-state index contributed by atoms with van der Waals surface area (Å²) in [5.74, 6) is 0.228. The molecule has 3 rings (SSSR count). The maximum absolute atomic E-state index is 12.1. The van der Waals surface area contributed by atoms with Gasteiger partial charge in [0.15, 0.2) is 0 Å². The van der Waals surface area contributed by atoms with E-state index in [1.807, 2.05) is 0 Å². The van der Waals surface area contributed by atoms with Crippen molar-refractivity contribution < 1.29 is 9.21 Å². The summed E-state index contributed by atoms with van der Waals surface area (Å²) in [6, 6.07) is 6.77. The van der Waals surface area contributed by atoms with Crippen LogP contribution in [0.15, 0.2) is 39.7 Å². The SMILES string of the molecule is Cl.O=C(NC1CCCNC1)c1ccc(-c2ccco2)[nH]c1=O. The molecule has 0 aliphatic carbocycles. The maximum atomic E-state index is 12.1. The van der Waals surface area contributed by atoms with Gasteiger partial charge in [0, 0.05) is 12.6 Å². The first kappa shape index (κ1) is 16.3. The van der Waals surface area contributed by atoms with Gasteiger partial charge in [0.2, 0.25) is 0 Å². The van der Waals surface area contributed by atoms with Gasteiger partial charge in [0.25, 0.3) is 11.5 Å². The minimum Gasteiger partial charge on any atom is -0.463 e. The fraction of sp³-hybridized carbons (Fsp3) is 0.333. The Labute approximate surface area is 133 Å². The van der Waals surface area contributed by atoms with E-state index in [0.717, 1.165) is 25.9 Å². The predicted molar refractivity (Wildman–Crippen MR) is 85.4 cm³/mol. The molecule has 3 N–H and O–H groups in total. The van der Waals surface area contributed by atoms with Gasteiger partial charge in [-0.25, -0.2) is 0 Å². The Morgan fingerprint density at radius 1 is 1.32 bits per heavy atom. The highest BCUT2D eigenvalue weighted by Crippen LogP contribution is 2.15. The highest BCUT2D eigenvalue weighted by atomic mass is 35.5. The molecule has 0 spiro atoms.